The van der Waals surface area contributed by atoms with Crippen molar-refractivity contribution >= 4 is 46.0 Å². The molecule has 1 saturated heterocycles. The number of carbonyl (C=O) groups is 1. The monoisotopic (exact) mass is 322 g/mol. The Morgan fingerprint density at radius 1 is 1.33 bits per heavy atom. The molecule has 2 rings (SSSR count). The van der Waals surface area contributed by atoms with Gasteiger partial charge in [0.2, 0.25) is 0 Å². The first kappa shape index (κ1) is 16.0. The third kappa shape index (κ3) is 3.84. The highest BCUT2D eigenvalue weighted by molar-refractivity contribution is 8.26. The van der Waals surface area contributed by atoms with Gasteiger partial charge in [0.15, 0.2) is 0 Å². The minimum atomic E-state index is -0.0739. The van der Waals surface area contributed by atoms with Gasteiger partial charge in [0.25, 0.3) is 5.91 Å². The van der Waals surface area contributed by atoms with E-state index in [-0.39, 0.29) is 12.5 Å². The standard InChI is InChI=1S/C15H18N2O2S2/c1-16(2)12-6-4-11(5-7-12)10-13-14(19)17(8-3-9-18)15(20)21-13/h4-7,10,18H,3,8-9H2,1-2H3/b13-10-. The van der Waals surface area contributed by atoms with Crippen LogP contribution in [0.25, 0.3) is 6.08 Å². The van der Waals surface area contributed by atoms with Crippen LogP contribution in [-0.4, -0.2) is 47.5 Å². The SMILES string of the molecule is CN(C)c1ccc(/C=C2\SC(=S)N(CCCO)C2=O)cc1. The molecule has 0 saturated carbocycles. The minimum absolute atomic E-state index is 0.0576. The van der Waals surface area contributed by atoms with E-state index in [1.165, 1.54) is 11.8 Å². The number of aliphatic hydroxyl groups is 1. The molecule has 0 bridgehead atoms. The maximum atomic E-state index is 12.3. The van der Waals surface area contributed by atoms with Crippen molar-refractivity contribution in [2.24, 2.45) is 0 Å². The first-order chi connectivity index (χ1) is 10.0. The van der Waals surface area contributed by atoms with Crippen molar-refractivity contribution in [3.05, 3.63) is 34.7 Å². The zero-order chi connectivity index (χ0) is 15.4. The van der Waals surface area contributed by atoms with E-state index in [0.717, 1.165) is 11.3 Å². The summed E-state index contributed by atoms with van der Waals surface area (Å²) in [6, 6.07) is 7.99. The molecule has 1 aromatic rings. The molecular weight excluding hydrogens is 304 g/mol. The van der Waals surface area contributed by atoms with E-state index >= 15 is 0 Å². The van der Waals surface area contributed by atoms with Crippen molar-refractivity contribution in [3.8, 4) is 0 Å². The molecule has 1 amide bonds. The largest absolute Gasteiger partial charge is 0.396 e. The zero-order valence-electron chi connectivity index (χ0n) is 12.1. The predicted molar refractivity (Wildman–Crippen MR) is 92.4 cm³/mol. The summed E-state index contributed by atoms with van der Waals surface area (Å²) in [6.07, 6.45) is 2.40. The highest BCUT2D eigenvalue weighted by atomic mass is 32.2. The van der Waals surface area contributed by atoms with Crippen molar-refractivity contribution < 1.29 is 9.90 Å². The minimum Gasteiger partial charge on any atom is -0.396 e. The number of hydrogen-bond acceptors (Lipinski definition) is 5. The summed E-state index contributed by atoms with van der Waals surface area (Å²) in [4.78, 5) is 16.5. The Bertz CT molecular complexity index is 568. The van der Waals surface area contributed by atoms with Crippen LogP contribution in [0.3, 0.4) is 0 Å². The number of carbonyl (C=O) groups excluding carboxylic acids is 1. The van der Waals surface area contributed by atoms with E-state index in [1.807, 2.05) is 49.3 Å². The fourth-order valence-electron chi connectivity index (χ4n) is 1.94. The summed E-state index contributed by atoms with van der Waals surface area (Å²) < 4.78 is 0.560. The molecule has 21 heavy (non-hydrogen) atoms. The van der Waals surface area contributed by atoms with Gasteiger partial charge in [-0.1, -0.05) is 36.1 Å². The second-order valence-electron chi connectivity index (χ2n) is 4.90. The molecule has 1 aromatic carbocycles. The molecule has 1 fully saturated rings. The Morgan fingerprint density at radius 3 is 2.57 bits per heavy atom. The van der Waals surface area contributed by atoms with Crippen LogP contribution >= 0.6 is 24.0 Å². The molecule has 1 heterocycles. The van der Waals surface area contributed by atoms with E-state index in [4.69, 9.17) is 17.3 Å². The van der Waals surface area contributed by atoms with Crippen LogP contribution in [0.5, 0.6) is 0 Å². The summed E-state index contributed by atoms with van der Waals surface area (Å²) in [7, 11) is 3.97. The van der Waals surface area contributed by atoms with E-state index in [9.17, 15) is 4.79 Å². The molecule has 0 radical (unpaired) electrons. The Kier molecular flexibility index (Phi) is 5.39. The molecule has 0 aromatic heterocycles. The number of nitrogens with zero attached hydrogens (tertiary/aromatic N) is 2. The van der Waals surface area contributed by atoms with Gasteiger partial charge in [-0.3, -0.25) is 9.69 Å². The number of thiocarbonyl (C=S) groups is 1. The molecular formula is C15H18N2O2S2. The van der Waals surface area contributed by atoms with Crippen molar-refractivity contribution in [1.82, 2.24) is 4.90 Å². The van der Waals surface area contributed by atoms with Gasteiger partial charge in [-0.25, -0.2) is 0 Å². The van der Waals surface area contributed by atoms with Gasteiger partial charge in [0, 0.05) is 32.9 Å². The Balaban J connectivity index is 2.14. The van der Waals surface area contributed by atoms with Crippen LogP contribution in [0.15, 0.2) is 29.2 Å². The average Bonchev–Trinajstić information content (AvgIpc) is 2.72. The van der Waals surface area contributed by atoms with Crippen molar-refractivity contribution in [2.75, 3.05) is 32.1 Å². The maximum absolute atomic E-state index is 12.3. The normalized spacial score (nSPS) is 16.9. The van der Waals surface area contributed by atoms with E-state index in [1.54, 1.807) is 4.90 Å². The summed E-state index contributed by atoms with van der Waals surface area (Å²) >= 11 is 6.53. The van der Waals surface area contributed by atoms with Gasteiger partial charge in [0.1, 0.15) is 4.32 Å². The molecule has 0 unspecified atom stereocenters. The lowest BCUT2D eigenvalue weighted by Crippen LogP contribution is -2.29. The van der Waals surface area contributed by atoms with Crippen LogP contribution in [0.4, 0.5) is 5.69 Å². The lowest BCUT2D eigenvalue weighted by Gasteiger charge is -2.13. The summed E-state index contributed by atoms with van der Waals surface area (Å²) in [6.45, 7) is 0.528. The number of amides is 1. The topological polar surface area (TPSA) is 43.8 Å². The van der Waals surface area contributed by atoms with Gasteiger partial charge in [-0.05, 0) is 30.2 Å². The van der Waals surface area contributed by atoms with Crippen molar-refractivity contribution in [1.29, 1.82) is 0 Å². The molecule has 1 aliphatic rings. The molecule has 4 nitrogen and oxygen atoms in total. The van der Waals surface area contributed by atoms with Crippen LogP contribution in [0, 0.1) is 0 Å². The summed E-state index contributed by atoms with van der Waals surface area (Å²) in [5.74, 6) is -0.0739. The van der Waals surface area contributed by atoms with E-state index < -0.39 is 0 Å². The Hall–Kier alpha value is -1.37. The number of anilines is 1. The van der Waals surface area contributed by atoms with Gasteiger partial charge < -0.3 is 10.0 Å². The van der Waals surface area contributed by atoms with Gasteiger partial charge >= 0.3 is 0 Å². The summed E-state index contributed by atoms with van der Waals surface area (Å²) in [5.41, 5.74) is 2.09. The third-order valence-electron chi connectivity index (χ3n) is 3.12. The number of aliphatic hydroxyl groups excluding tert-OH is 1. The number of hydrogen-bond donors (Lipinski definition) is 1. The number of rotatable bonds is 5. The maximum Gasteiger partial charge on any atom is 0.266 e. The van der Waals surface area contributed by atoms with Crippen LogP contribution < -0.4 is 4.90 Å². The molecule has 0 atom stereocenters. The Labute approximate surface area is 134 Å². The van der Waals surface area contributed by atoms with Crippen LogP contribution in [-0.2, 0) is 4.79 Å². The van der Waals surface area contributed by atoms with Crippen molar-refractivity contribution in [3.63, 3.8) is 0 Å². The van der Waals surface area contributed by atoms with Crippen LogP contribution in [0.2, 0.25) is 0 Å². The quantitative estimate of drug-likeness (QED) is 0.666. The number of benzene rings is 1. The lowest BCUT2D eigenvalue weighted by atomic mass is 10.2. The fourth-order valence-corrected chi connectivity index (χ4v) is 3.25. The zero-order valence-corrected chi connectivity index (χ0v) is 13.7. The fraction of sp³-hybridized carbons (Fsp3) is 0.333. The molecule has 0 aliphatic carbocycles. The molecule has 1 aliphatic heterocycles. The van der Waals surface area contributed by atoms with Gasteiger partial charge in [-0.2, -0.15) is 0 Å². The van der Waals surface area contributed by atoms with E-state index in [2.05, 4.69) is 0 Å². The number of thioether (sulfide) groups is 1. The van der Waals surface area contributed by atoms with Crippen molar-refractivity contribution in [2.45, 2.75) is 6.42 Å². The second kappa shape index (κ2) is 7.06. The highest BCUT2D eigenvalue weighted by Crippen LogP contribution is 2.32. The summed E-state index contributed by atoms with van der Waals surface area (Å²) in [5, 5.41) is 8.86. The van der Waals surface area contributed by atoms with Gasteiger partial charge in [-0.15, -0.1) is 0 Å². The first-order valence-corrected chi connectivity index (χ1v) is 7.89. The Morgan fingerprint density at radius 2 is 2.00 bits per heavy atom. The molecule has 0 spiro atoms. The first-order valence-electron chi connectivity index (χ1n) is 6.66. The van der Waals surface area contributed by atoms with E-state index in [0.29, 0.717) is 22.2 Å². The average molecular weight is 322 g/mol. The second-order valence-corrected chi connectivity index (χ2v) is 6.57. The molecule has 1 N–H and O–H groups in total. The molecule has 6 heteroatoms. The van der Waals surface area contributed by atoms with Gasteiger partial charge in [0.05, 0.1) is 4.91 Å². The highest BCUT2D eigenvalue weighted by Gasteiger charge is 2.31. The third-order valence-corrected chi connectivity index (χ3v) is 4.50. The lowest BCUT2D eigenvalue weighted by molar-refractivity contribution is -0.122. The molecule has 112 valence electrons. The predicted octanol–water partition coefficient (Wildman–Crippen LogP) is 2.34. The van der Waals surface area contributed by atoms with Crippen LogP contribution in [0.1, 0.15) is 12.0 Å². The smallest absolute Gasteiger partial charge is 0.266 e.